The van der Waals surface area contributed by atoms with Crippen LogP contribution in [0.4, 0.5) is 28.7 Å². The average molecular weight is 347 g/mol. The highest BCUT2D eigenvalue weighted by molar-refractivity contribution is 5.89. The minimum Gasteiger partial charge on any atom is -0.340 e. The molecule has 0 aliphatic carbocycles. The second-order valence-corrected chi connectivity index (χ2v) is 6.07. The summed E-state index contributed by atoms with van der Waals surface area (Å²) >= 11 is 0. The Morgan fingerprint density at radius 2 is 1.46 bits per heavy atom. The molecule has 3 N–H and O–H groups in total. The standard InChI is InChI=1S/C20H21N5O/c1-13-6-4-7-14(2)20(13)25-19-11-18(21-12-22-19)24-17-9-5-8-16(10-17)23-15(3)26/h4-12H,1-3H3,(H,23,26)(H2,21,22,24,25). The van der Waals surface area contributed by atoms with Gasteiger partial charge in [0.1, 0.15) is 18.0 Å². The molecule has 0 fully saturated rings. The number of aryl methyl sites for hydroxylation is 2. The lowest BCUT2D eigenvalue weighted by molar-refractivity contribution is -0.114. The number of hydrogen-bond acceptors (Lipinski definition) is 5. The number of carbonyl (C=O) groups excluding carboxylic acids is 1. The first kappa shape index (κ1) is 17.4. The quantitative estimate of drug-likeness (QED) is 0.631. The Bertz CT molecular complexity index is 919. The molecule has 6 heteroatoms. The first-order valence-corrected chi connectivity index (χ1v) is 8.31. The van der Waals surface area contributed by atoms with Crippen LogP contribution in [0.25, 0.3) is 0 Å². The molecule has 0 aliphatic heterocycles. The molecule has 0 saturated heterocycles. The third-order valence-electron chi connectivity index (χ3n) is 3.86. The summed E-state index contributed by atoms with van der Waals surface area (Å²) in [7, 11) is 0. The van der Waals surface area contributed by atoms with E-state index in [1.54, 1.807) is 0 Å². The Hall–Kier alpha value is -3.41. The van der Waals surface area contributed by atoms with Crippen molar-refractivity contribution in [3.8, 4) is 0 Å². The summed E-state index contributed by atoms with van der Waals surface area (Å²) in [5.74, 6) is 1.26. The predicted molar refractivity (Wildman–Crippen MR) is 105 cm³/mol. The second-order valence-electron chi connectivity index (χ2n) is 6.07. The number of nitrogens with one attached hydrogen (secondary N) is 3. The Kier molecular flexibility index (Phi) is 5.12. The van der Waals surface area contributed by atoms with E-state index in [2.05, 4.69) is 51.9 Å². The maximum atomic E-state index is 11.2. The number of rotatable bonds is 5. The normalized spacial score (nSPS) is 10.3. The van der Waals surface area contributed by atoms with Gasteiger partial charge in [-0.1, -0.05) is 24.3 Å². The highest BCUT2D eigenvalue weighted by Gasteiger charge is 2.05. The number of carbonyl (C=O) groups is 1. The Balaban J connectivity index is 1.79. The van der Waals surface area contributed by atoms with Crippen molar-refractivity contribution < 1.29 is 4.79 Å². The van der Waals surface area contributed by atoms with Crippen LogP contribution in [0, 0.1) is 13.8 Å². The van der Waals surface area contributed by atoms with Crippen LogP contribution in [0.15, 0.2) is 54.9 Å². The minimum atomic E-state index is -0.107. The minimum absolute atomic E-state index is 0.107. The van der Waals surface area contributed by atoms with Gasteiger partial charge in [0, 0.05) is 30.1 Å². The number of benzene rings is 2. The summed E-state index contributed by atoms with van der Waals surface area (Å²) in [5.41, 5.74) is 4.91. The van der Waals surface area contributed by atoms with Gasteiger partial charge in [0.2, 0.25) is 5.91 Å². The van der Waals surface area contributed by atoms with Crippen molar-refractivity contribution in [2.24, 2.45) is 0 Å². The van der Waals surface area contributed by atoms with Gasteiger partial charge in [-0.25, -0.2) is 9.97 Å². The molecule has 3 aromatic rings. The van der Waals surface area contributed by atoms with Gasteiger partial charge >= 0.3 is 0 Å². The van der Waals surface area contributed by atoms with E-state index in [1.165, 1.54) is 13.3 Å². The number of amides is 1. The van der Waals surface area contributed by atoms with Gasteiger partial charge in [-0.2, -0.15) is 0 Å². The molecule has 0 bridgehead atoms. The van der Waals surface area contributed by atoms with Crippen LogP contribution in [0.2, 0.25) is 0 Å². The van der Waals surface area contributed by atoms with E-state index in [9.17, 15) is 4.79 Å². The van der Waals surface area contributed by atoms with Gasteiger partial charge in [-0.05, 0) is 43.2 Å². The number of aromatic nitrogens is 2. The van der Waals surface area contributed by atoms with Gasteiger partial charge in [0.05, 0.1) is 0 Å². The van der Waals surface area contributed by atoms with Crippen LogP contribution in [0.3, 0.4) is 0 Å². The van der Waals surface area contributed by atoms with E-state index in [4.69, 9.17) is 0 Å². The molecule has 0 aliphatic rings. The molecule has 0 saturated carbocycles. The lowest BCUT2D eigenvalue weighted by Crippen LogP contribution is -2.06. The monoisotopic (exact) mass is 347 g/mol. The highest BCUT2D eigenvalue weighted by atomic mass is 16.1. The molecule has 0 unspecified atom stereocenters. The number of hydrogen-bond donors (Lipinski definition) is 3. The van der Waals surface area contributed by atoms with Crippen LogP contribution < -0.4 is 16.0 Å². The van der Waals surface area contributed by atoms with E-state index in [-0.39, 0.29) is 5.91 Å². The predicted octanol–water partition coefficient (Wildman–Crippen LogP) is 4.54. The maximum Gasteiger partial charge on any atom is 0.221 e. The van der Waals surface area contributed by atoms with Crippen molar-refractivity contribution in [1.29, 1.82) is 0 Å². The third kappa shape index (κ3) is 4.36. The molecule has 26 heavy (non-hydrogen) atoms. The van der Waals surface area contributed by atoms with Gasteiger partial charge in [-0.3, -0.25) is 4.79 Å². The first-order valence-electron chi connectivity index (χ1n) is 8.31. The largest absolute Gasteiger partial charge is 0.340 e. The summed E-state index contributed by atoms with van der Waals surface area (Å²) < 4.78 is 0. The Labute approximate surface area is 152 Å². The molecular formula is C20H21N5O. The van der Waals surface area contributed by atoms with E-state index < -0.39 is 0 Å². The van der Waals surface area contributed by atoms with Gasteiger partial charge in [0.25, 0.3) is 0 Å². The molecule has 0 atom stereocenters. The zero-order valence-electron chi connectivity index (χ0n) is 15.0. The topological polar surface area (TPSA) is 78.9 Å². The molecule has 132 valence electrons. The molecule has 1 aromatic heterocycles. The molecule has 6 nitrogen and oxygen atoms in total. The van der Waals surface area contributed by atoms with Gasteiger partial charge < -0.3 is 16.0 Å². The SMILES string of the molecule is CC(=O)Nc1cccc(Nc2cc(Nc3c(C)cccc3C)ncn2)c1. The molecule has 0 radical (unpaired) electrons. The van der Waals surface area contributed by atoms with E-state index >= 15 is 0 Å². The van der Waals surface area contributed by atoms with E-state index in [0.29, 0.717) is 11.6 Å². The van der Waals surface area contributed by atoms with Crippen molar-refractivity contribution in [2.45, 2.75) is 20.8 Å². The van der Waals surface area contributed by atoms with E-state index in [1.807, 2.05) is 36.4 Å². The summed E-state index contributed by atoms with van der Waals surface area (Å²) in [6.45, 7) is 5.60. The second kappa shape index (κ2) is 7.65. The maximum absolute atomic E-state index is 11.2. The van der Waals surface area contributed by atoms with Gasteiger partial charge in [-0.15, -0.1) is 0 Å². The highest BCUT2D eigenvalue weighted by Crippen LogP contribution is 2.25. The number of nitrogens with zero attached hydrogens (tertiary/aromatic N) is 2. The van der Waals surface area contributed by atoms with Crippen molar-refractivity contribution in [3.63, 3.8) is 0 Å². The van der Waals surface area contributed by atoms with Crippen molar-refractivity contribution in [1.82, 2.24) is 9.97 Å². The van der Waals surface area contributed by atoms with Crippen molar-refractivity contribution >= 4 is 34.6 Å². The van der Waals surface area contributed by atoms with E-state index in [0.717, 1.165) is 28.2 Å². The van der Waals surface area contributed by atoms with Crippen molar-refractivity contribution in [3.05, 3.63) is 66.0 Å². The number of para-hydroxylation sites is 1. The van der Waals surface area contributed by atoms with Crippen LogP contribution in [0.5, 0.6) is 0 Å². The van der Waals surface area contributed by atoms with Crippen LogP contribution in [-0.2, 0) is 4.79 Å². The third-order valence-corrected chi connectivity index (χ3v) is 3.86. The van der Waals surface area contributed by atoms with Gasteiger partial charge in [0.15, 0.2) is 0 Å². The fraction of sp³-hybridized carbons (Fsp3) is 0.150. The molecular weight excluding hydrogens is 326 g/mol. The summed E-state index contributed by atoms with van der Waals surface area (Å²) in [6, 6.07) is 15.5. The molecule has 3 rings (SSSR count). The molecule has 0 spiro atoms. The Morgan fingerprint density at radius 3 is 2.15 bits per heavy atom. The Morgan fingerprint density at radius 1 is 0.846 bits per heavy atom. The average Bonchev–Trinajstić information content (AvgIpc) is 2.58. The summed E-state index contributed by atoms with van der Waals surface area (Å²) in [4.78, 5) is 19.8. The fourth-order valence-corrected chi connectivity index (χ4v) is 2.66. The fourth-order valence-electron chi connectivity index (χ4n) is 2.66. The molecule has 2 aromatic carbocycles. The van der Waals surface area contributed by atoms with Crippen LogP contribution in [-0.4, -0.2) is 15.9 Å². The van der Waals surface area contributed by atoms with Crippen molar-refractivity contribution in [2.75, 3.05) is 16.0 Å². The lowest BCUT2D eigenvalue weighted by atomic mass is 10.1. The zero-order valence-corrected chi connectivity index (χ0v) is 15.0. The number of anilines is 5. The zero-order chi connectivity index (χ0) is 18.5. The molecule has 1 amide bonds. The van der Waals surface area contributed by atoms with Crippen LogP contribution >= 0.6 is 0 Å². The summed E-state index contributed by atoms with van der Waals surface area (Å²) in [5, 5.41) is 9.35. The first-order chi connectivity index (χ1) is 12.5. The smallest absolute Gasteiger partial charge is 0.221 e. The summed E-state index contributed by atoms with van der Waals surface area (Å²) in [6.07, 6.45) is 1.51. The lowest BCUT2D eigenvalue weighted by Gasteiger charge is -2.13. The molecule has 1 heterocycles. The van der Waals surface area contributed by atoms with Crippen LogP contribution in [0.1, 0.15) is 18.1 Å².